The first-order valence-electron chi connectivity index (χ1n) is 8.31. The standard InChI is InChI=1S/C17H18N6O2/c24-17(11-25-16-8-7-15-20-19-12-23(15)21-16)22-10-4-2-6-14(22)13-5-1-3-9-18-13/h1,3,5,7-9,12,14H,2,4,6,10-11H2/t14-/m1/s1. The average molecular weight is 338 g/mol. The minimum Gasteiger partial charge on any atom is -0.467 e. The molecule has 0 radical (unpaired) electrons. The van der Waals surface area contributed by atoms with Crippen molar-refractivity contribution in [3.8, 4) is 5.88 Å². The number of carbonyl (C=O) groups is 1. The minimum absolute atomic E-state index is 0.0133. The molecule has 4 rings (SSSR count). The largest absolute Gasteiger partial charge is 0.467 e. The number of amides is 1. The summed E-state index contributed by atoms with van der Waals surface area (Å²) in [6, 6.07) is 9.25. The van der Waals surface area contributed by atoms with Gasteiger partial charge in [0.25, 0.3) is 5.91 Å². The van der Waals surface area contributed by atoms with Gasteiger partial charge in [-0.3, -0.25) is 9.78 Å². The van der Waals surface area contributed by atoms with Gasteiger partial charge in [0.2, 0.25) is 5.88 Å². The predicted molar refractivity (Wildman–Crippen MR) is 88.8 cm³/mol. The lowest BCUT2D eigenvalue weighted by molar-refractivity contribution is -0.137. The van der Waals surface area contributed by atoms with Gasteiger partial charge in [-0.25, -0.2) is 0 Å². The molecule has 8 nitrogen and oxygen atoms in total. The van der Waals surface area contributed by atoms with Crippen molar-refractivity contribution >= 4 is 11.6 Å². The summed E-state index contributed by atoms with van der Waals surface area (Å²) in [4.78, 5) is 19.0. The molecule has 8 heteroatoms. The topological polar surface area (TPSA) is 85.5 Å². The number of aromatic nitrogens is 5. The second-order valence-electron chi connectivity index (χ2n) is 5.95. The van der Waals surface area contributed by atoms with Crippen LogP contribution in [0.5, 0.6) is 5.88 Å². The highest BCUT2D eigenvalue weighted by Gasteiger charge is 2.29. The van der Waals surface area contributed by atoms with Crippen molar-refractivity contribution in [2.75, 3.05) is 13.2 Å². The SMILES string of the molecule is O=C(COc1ccc2nncn2n1)N1CCCC[C@@H]1c1ccccn1. The molecule has 1 aliphatic heterocycles. The van der Waals surface area contributed by atoms with Gasteiger partial charge in [-0.15, -0.1) is 15.3 Å². The molecule has 0 spiro atoms. The molecular weight excluding hydrogens is 320 g/mol. The van der Waals surface area contributed by atoms with Crippen molar-refractivity contribution in [3.05, 3.63) is 48.5 Å². The van der Waals surface area contributed by atoms with Crippen LogP contribution in [0.1, 0.15) is 31.0 Å². The van der Waals surface area contributed by atoms with Gasteiger partial charge in [-0.05, 0) is 37.5 Å². The maximum atomic E-state index is 12.7. The predicted octanol–water partition coefficient (Wildman–Crippen LogP) is 1.65. The molecule has 0 saturated carbocycles. The molecule has 1 aliphatic rings. The van der Waals surface area contributed by atoms with Crippen LogP contribution in [0.4, 0.5) is 0 Å². The Morgan fingerprint density at radius 2 is 2.20 bits per heavy atom. The van der Waals surface area contributed by atoms with Crippen LogP contribution in [-0.4, -0.2) is 48.8 Å². The van der Waals surface area contributed by atoms with Crippen LogP contribution < -0.4 is 4.74 Å². The summed E-state index contributed by atoms with van der Waals surface area (Å²) < 4.78 is 7.09. The number of ether oxygens (including phenoxy) is 1. The van der Waals surface area contributed by atoms with Gasteiger partial charge in [0.1, 0.15) is 6.33 Å². The zero-order valence-electron chi connectivity index (χ0n) is 13.7. The van der Waals surface area contributed by atoms with Crippen LogP contribution in [-0.2, 0) is 4.79 Å². The molecule has 1 amide bonds. The van der Waals surface area contributed by atoms with E-state index < -0.39 is 0 Å². The van der Waals surface area contributed by atoms with E-state index in [0.29, 0.717) is 11.5 Å². The number of fused-ring (bicyclic) bond motifs is 1. The normalized spacial score (nSPS) is 17.6. The molecule has 0 unspecified atom stereocenters. The van der Waals surface area contributed by atoms with Crippen LogP contribution in [0.25, 0.3) is 5.65 Å². The van der Waals surface area contributed by atoms with Crippen molar-refractivity contribution in [1.82, 2.24) is 29.7 Å². The van der Waals surface area contributed by atoms with Crippen molar-refractivity contribution in [2.45, 2.75) is 25.3 Å². The van der Waals surface area contributed by atoms with E-state index in [1.807, 2.05) is 23.1 Å². The first-order chi connectivity index (χ1) is 12.3. The van der Waals surface area contributed by atoms with Gasteiger partial charge in [0.15, 0.2) is 12.3 Å². The number of piperidine rings is 1. The maximum absolute atomic E-state index is 12.7. The van der Waals surface area contributed by atoms with Gasteiger partial charge in [-0.1, -0.05) is 6.07 Å². The Labute approximate surface area is 144 Å². The van der Waals surface area contributed by atoms with Gasteiger partial charge < -0.3 is 9.64 Å². The third kappa shape index (κ3) is 3.28. The Balaban J connectivity index is 1.45. The monoisotopic (exact) mass is 338 g/mol. The van der Waals surface area contributed by atoms with Crippen LogP contribution in [0.2, 0.25) is 0 Å². The number of pyridine rings is 1. The fraction of sp³-hybridized carbons (Fsp3) is 0.353. The first-order valence-corrected chi connectivity index (χ1v) is 8.31. The van der Waals surface area contributed by atoms with E-state index in [1.54, 1.807) is 18.3 Å². The van der Waals surface area contributed by atoms with E-state index in [-0.39, 0.29) is 18.6 Å². The van der Waals surface area contributed by atoms with E-state index in [1.165, 1.54) is 10.8 Å². The molecule has 25 heavy (non-hydrogen) atoms. The molecule has 3 aromatic rings. The number of hydrogen-bond acceptors (Lipinski definition) is 6. The Bertz CT molecular complexity index is 866. The van der Waals surface area contributed by atoms with E-state index in [4.69, 9.17) is 4.74 Å². The fourth-order valence-corrected chi connectivity index (χ4v) is 3.12. The smallest absolute Gasteiger partial charge is 0.261 e. The van der Waals surface area contributed by atoms with Gasteiger partial charge in [-0.2, -0.15) is 4.52 Å². The lowest BCUT2D eigenvalue weighted by atomic mass is 9.99. The second-order valence-corrected chi connectivity index (χ2v) is 5.95. The van der Waals surface area contributed by atoms with E-state index in [9.17, 15) is 4.79 Å². The Morgan fingerprint density at radius 1 is 1.24 bits per heavy atom. The summed E-state index contributed by atoms with van der Waals surface area (Å²) in [6.07, 6.45) is 6.28. The molecule has 4 heterocycles. The number of rotatable bonds is 4. The average Bonchev–Trinajstić information content (AvgIpc) is 3.14. The fourth-order valence-electron chi connectivity index (χ4n) is 3.12. The summed E-state index contributed by atoms with van der Waals surface area (Å²) >= 11 is 0. The highest BCUT2D eigenvalue weighted by molar-refractivity contribution is 5.78. The Morgan fingerprint density at radius 3 is 3.08 bits per heavy atom. The zero-order valence-corrected chi connectivity index (χ0v) is 13.7. The van der Waals surface area contributed by atoms with Gasteiger partial charge >= 0.3 is 0 Å². The van der Waals surface area contributed by atoms with Crippen molar-refractivity contribution in [1.29, 1.82) is 0 Å². The Hall–Kier alpha value is -3.03. The third-order valence-corrected chi connectivity index (χ3v) is 4.33. The minimum atomic E-state index is -0.0546. The highest BCUT2D eigenvalue weighted by atomic mass is 16.5. The van der Waals surface area contributed by atoms with Gasteiger partial charge in [0, 0.05) is 18.8 Å². The summed E-state index contributed by atoms with van der Waals surface area (Å²) in [6.45, 7) is 0.672. The summed E-state index contributed by atoms with van der Waals surface area (Å²) in [7, 11) is 0. The van der Waals surface area contributed by atoms with Gasteiger partial charge in [0.05, 0.1) is 11.7 Å². The molecule has 0 aromatic carbocycles. The van der Waals surface area contributed by atoms with E-state index in [0.717, 1.165) is 31.5 Å². The quantitative estimate of drug-likeness (QED) is 0.719. The van der Waals surface area contributed by atoms with Crippen molar-refractivity contribution in [2.24, 2.45) is 0 Å². The summed E-state index contributed by atoms with van der Waals surface area (Å²) in [5.41, 5.74) is 1.56. The molecule has 1 saturated heterocycles. The Kier molecular flexibility index (Phi) is 4.24. The molecule has 1 fully saturated rings. The molecule has 0 bridgehead atoms. The third-order valence-electron chi connectivity index (χ3n) is 4.33. The summed E-state index contributed by atoms with van der Waals surface area (Å²) in [5.74, 6) is 0.313. The lowest BCUT2D eigenvalue weighted by Crippen LogP contribution is -2.41. The molecule has 128 valence electrons. The van der Waals surface area contributed by atoms with Crippen LogP contribution in [0.15, 0.2) is 42.9 Å². The molecule has 3 aromatic heterocycles. The van der Waals surface area contributed by atoms with Crippen LogP contribution in [0, 0.1) is 0 Å². The van der Waals surface area contributed by atoms with Crippen molar-refractivity contribution in [3.63, 3.8) is 0 Å². The summed E-state index contributed by atoms with van der Waals surface area (Å²) in [5, 5.41) is 11.9. The highest BCUT2D eigenvalue weighted by Crippen LogP contribution is 2.29. The number of likely N-dealkylation sites (tertiary alicyclic amines) is 1. The lowest BCUT2D eigenvalue weighted by Gasteiger charge is -2.35. The van der Waals surface area contributed by atoms with E-state index >= 15 is 0 Å². The molecular formula is C17H18N6O2. The number of carbonyl (C=O) groups excluding carboxylic acids is 1. The van der Waals surface area contributed by atoms with Crippen LogP contribution in [0.3, 0.4) is 0 Å². The molecule has 0 aliphatic carbocycles. The second kappa shape index (κ2) is 6.84. The molecule has 1 atom stereocenters. The zero-order chi connectivity index (χ0) is 17.1. The van der Waals surface area contributed by atoms with E-state index in [2.05, 4.69) is 20.3 Å². The number of hydrogen-bond donors (Lipinski definition) is 0. The maximum Gasteiger partial charge on any atom is 0.261 e. The van der Waals surface area contributed by atoms with Crippen molar-refractivity contribution < 1.29 is 9.53 Å². The first kappa shape index (κ1) is 15.5. The number of nitrogens with zero attached hydrogens (tertiary/aromatic N) is 6. The molecule has 0 N–H and O–H groups in total. The van der Waals surface area contributed by atoms with Crippen LogP contribution >= 0.6 is 0 Å².